The molecule has 2 rings (SSSR count). The third-order valence-electron chi connectivity index (χ3n) is 3.42. The van der Waals surface area contributed by atoms with Gasteiger partial charge in [-0.25, -0.2) is 8.42 Å². The first-order chi connectivity index (χ1) is 9.46. The number of likely N-dealkylation sites (N-methyl/N-ethyl adjacent to an activating group) is 1. The molecule has 2 N–H and O–H groups in total. The van der Waals surface area contributed by atoms with Crippen LogP contribution in [0, 0.1) is 0 Å². The lowest BCUT2D eigenvalue weighted by Crippen LogP contribution is -2.39. The van der Waals surface area contributed by atoms with Crippen LogP contribution < -0.4 is 5.73 Å². The fraction of sp³-hybridized carbons (Fsp3) is 0.462. The third kappa shape index (κ3) is 2.78. The van der Waals surface area contributed by atoms with Crippen LogP contribution >= 0.6 is 0 Å². The zero-order chi connectivity index (χ0) is 14.8. The first kappa shape index (κ1) is 14.8. The highest BCUT2D eigenvalue weighted by Crippen LogP contribution is 2.23. The molecule has 1 heterocycles. The van der Waals surface area contributed by atoms with E-state index in [1.165, 1.54) is 10.4 Å². The highest BCUT2D eigenvalue weighted by atomic mass is 32.2. The van der Waals surface area contributed by atoms with E-state index in [1.54, 1.807) is 23.1 Å². The van der Waals surface area contributed by atoms with E-state index in [9.17, 15) is 13.2 Å². The summed E-state index contributed by atoms with van der Waals surface area (Å²) in [6.45, 7) is 3.28. The molecular formula is C13H19N3O3S. The molecule has 1 aromatic rings. The Morgan fingerprint density at radius 3 is 2.60 bits per heavy atom. The van der Waals surface area contributed by atoms with E-state index in [-0.39, 0.29) is 23.0 Å². The molecule has 1 amide bonds. The Bertz CT molecular complexity index is 601. The van der Waals surface area contributed by atoms with Crippen molar-refractivity contribution in [3.05, 3.63) is 24.3 Å². The number of hydrogen-bond acceptors (Lipinski definition) is 4. The van der Waals surface area contributed by atoms with Gasteiger partial charge in [-0.15, -0.1) is 0 Å². The van der Waals surface area contributed by atoms with Crippen molar-refractivity contribution in [2.75, 3.05) is 31.9 Å². The van der Waals surface area contributed by atoms with E-state index in [2.05, 4.69) is 0 Å². The molecule has 0 unspecified atom stereocenters. The summed E-state index contributed by atoms with van der Waals surface area (Å²) in [5.74, 6) is -0.164. The van der Waals surface area contributed by atoms with E-state index in [0.29, 0.717) is 26.1 Å². The number of carbonyl (C=O) groups excluding carboxylic acids is 1. The molecule has 1 aromatic carbocycles. The number of rotatable bonds is 3. The average Bonchev–Trinajstić information content (AvgIpc) is 2.61. The maximum absolute atomic E-state index is 12.6. The molecule has 7 heteroatoms. The van der Waals surface area contributed by atoms with Gasteiger partial charge in [0.2, 0.25) is 15.9 Å². The second-order valence-electron chi connectivity index (χ2n) is 4.70. The minimum atomic E-state index is -3.72. The van der Waals surface area contributed by atoms with Crippen LogP contribution in [0.15, 0.2) is 29.2 Å². The summed E-state index contributed by atoms with van der Waals surface area (Å²) in [5, 5.41) is 0. The summed E-state index contributed by atoms with van der Waals surface area (Å²) in [7, 11) is -3.72. The summed E-state index contributed by atoms with van der Waals surface area (Å²) in [6, 6.07) is 6.32. The van der Waals surface area contributed by atoms with Gasteiger partial charge in [-0.05, 0) is 25.5 Å². The van der Waals surface area contributed by atoms with Gasteiger partial charge in [0.05, 0.1) is 12.2 Å². The molecule has 1 saturated heterocycles. The zero-order valence-corrected chi connectivity index (χ0v) is 12.3. The summed E-state index contributed by atoms with van der Waals surface area (Å²) in [4.78, 5) is 13.7. The minimum Gasteiger partial charge on any atom is -0.398 e. The lowest BCUT2D eigenvalue weighted by atomic mass is 10.3. The standard InChI is InChI=1S/C13H19N3O3S/c1-2-15-8-5-9-16(10-13(15)17)20(18,19)12-7-4-3-6-11(12)14/h3-4,6-7H,2,5,8-10,14H2,1H3. The largest absolute Gasteiger partial charge is 0.398 e. The number of anilines is 1. The highest BCUT2D eigenvalue weighted by Gasteiger charge is 2.31. The molecule has 20 heavy (non-hydrogen) atoms. The van der Waals surface area contributed by atoms with E-state index >= 15 is 0 Å². The molecule has 0 saturated carbocycles. The lowest BCUT2D eigenvalue weighted by molar-refractivity contribution is -0.130. The molecule has 0 aliphatic carbocycles. The van der Waals surface area contributed by atoms with Crippen molar-refractivity contribution in [2.24, 2.45) is 0 Å². The van der Waals surface area contributed by atoms with E-state index in [0.717, 1.165) is 0 Å². The predicted molar refractivity (Wildman–Crippen MR) is 76.5 cm³/mol. The summed E-state index contributed by atoms with van der Waals surface area (Å²) >= 11 is 0. The Kier molecular flexibility index (Phi) is 4.29. The number of amides is 1. The van der Waals surface area contributed by atoms with Gasteiger partial charge in [0, 0.05) is 19.6 Å². The molecule has 0 radical (unpaired) electrons. The number of sulfonamides is 1. The maximum Gasteiger partial charge on any atom is 0.245 e. The van der Waals surface area contributed by atoms with Crippen LogP contribution in [0.25, 0.3) is 0 Å². The molecule has 110 valence electrons. The number of nitrogens with two attached hydrogens (primary N) is 1. The Morgan fingerprint density at radius 1 is 1.25 bits per heavy atom. The van der Waals surface area contributed by atoms with E-state index in [1.807, 2.05) is 6.92 Å². The van der Waals surface area contributed by atoms with E-state index in [4.69, 9.17) is 5.73 Å². The van der Waals surface area contributed by atoms with Crippen molar-refractivity contribution in [2.45, 2.75) is 18.2 Å². The van der Waals surface area contributed by atoms with Crippen LogP contribution in [0.3, 0.4) is 0 Å². The maximum atomic E-state index is 12.6. The fourth-order valence-corrected chi connectivity index (χ4v) is 3.83. The highest BCUT2D eigenvalue weighted by molar-refractivity contribution is 7.89. The van der Waals surface area contributed by atoms with Gasteiger partial charge in [0.15, 0.2) is 0 Å². The topological polar surface area (TPSA) is 83.7 Å². The summed E-state index contributed by atoms with van der Waals surface area (Å²) < 4.78 is 26.4. The Balaban J connectivity index is 2.31. The molecule has 0 spiro atoms. The number of nitrogen functional groups attached to an aromatic ring is 1. The Hall–Kier alpha value is -1.60. The van der Waals surface area contributed by atoms with Crippen LogP contribution in [0.4, 0.5) is 5.69 Å². The van der Waals surface area contributed by atoms with Gasteiger partial charge in [-0.3, -0.25) is 4.79 Å². The summed E-state index contributed by atoms with van der Waals surface area (Å²) in [5.41, 5.74) is 5.94. The lowest BCUT2D eigenvalue weighted by Gasteiger charge is -2.21. The normalized spacial score (nSPS) is 18.1. The second kappa shape index (κ2) is 5.80. The van der Waals surface area contributed by atoms with Crippen LogP contribution in [-0.4, -0.2) is 49.7 Å². The first-order valence-corrected chi connectivity index (χ1v) is 8.03. The van der Waals surface area contributed by atoms with Crippen LogP contribution in [0.2, 0.25) is 0 Å². The average molecular weight is 297 g/mol. The molecule has 6 nitrogen and oxygen atoms in total. The van der Waals surface area contributed by atoms with Crippen molar-refractivity contribution < 1.29 is 13.2 Å². The number of benzene rings is 1. The molecule has 1 fully saturated rings. The summed E-state index contributed by atoms with van der Waals surface area (Å²) in [6.07, 6.45) is 0.631. The first-order valence-electron chi connectivity index (χ1n) is 6.59. The molecule has 0 aromatic heterocycles. The number of para-hydroxylation sites is 1. The van der Waals surface area contributed by atoms with E-state index < -0.39 is 10.0 Å². The van der Waals surface area contributed by atoms with Crippen LogP contribution in [0.1, 0.15) is 13.3 Å². The monoisotopic (exact) mass is 297 g/mol. The molecular weight excluding hydrogens is 278 g/mol. The molecule has 0 atom stereocenters. The predicted octanol–water partition coefficient (Wildman–Crippen LogP) is 0.512. The second-order valence-corrected chi connectivity index (χ2v) is 6.61. The van der Waals surface area contributed by atoms with Crippen LogP contribution in [-0.2, 0) is 14.8 Å². The zero-order valence-electron chi connectivity index (χ0n) is 11.4. The Morgan fingerprint density at radius 2 is 1.95 bits per heavy atom. The number of hydrogen-bond donors (Lipinski definition) is 1. The minimum absolute atomic E-state index is 0.0674. The van der Waals surface area contributed by atoms with Gasteiger partial charge in [-0.1, -0.05) is 12.1 Å². The van der Waals surface area contributed by atoms with Crippen molar-refractivity contribution in [1.82, 2.24) is 9.21 Å². The van der Waals surface area contributed by atoms with Crippen molar-refractivity contribution in [3.63, 3.8) is 0 Å². The quantitative estimate of drug-likeness (QED) is 0.824. The molecule has 1 aliphatic heterocycles. The number of nitrogens with zero attached hydrogens (tertiary/aromatic N) is 2. The molecule has 1 aliphatic rings. The van der Waals surface area contributed by atoms with Gasteiger partial charge in [0.1, 0.15) is 4.90 Å². The van der Waals surface area contributed by atoms with Gasteiger partial charge in [-0.2, -0.15) is 4.31 Å². The molecule has 0 bridgehead atoms. The Labute approximate surface area is 119 Å². The smallest absolute Gasteiger partial charge is 0.245 e. The van der Waals surface area contributed by atoms with Gasteiger partial charge < -0.3 is 10.6 Å². The van der Waals surface area contributed by atoms with Gasteiger partial charge in [0.25, 0.3) is 0 Å². The van der Waals surface area contributed by atoms with Crippen LogP contribution in [0.5, 0.6) is 0 Å². The van der Waals surface area contributed by atoms with Crippen molar-refractivity contribution in [1.29, 1.82) is 0 Å². The fourth-order valence-electron chi connectivity index (χ4n) is 2.29. The van der Waals surface area contributed by atoms with Crippen molar-refractivity contribution in [3.8, 4) is 0 Å². The SMILES string of the molecule is CCN1CCCN(S(=O)(=O)c2ccccc2N)CC1=O. The van der Waals surface area contributed by atoms with Crippen molar-refractivity contribution >= 4 is 21.6 Å². The number of carbonyl (C=O) groups is 1. The third-order valence-corrected chi connectivity index (χ3v) is 5.34. The van der Waals surface area contributed by atoms with Gasteiger partial charge >= 0.3 is 0 Å².